The second-order valence-corrected chi connectivity index (χ2v) is 6.54. The summed E-state index contributed by atoms with van der Waals surface area (Å²) in [5, 5.41) is 10.9. The van der Waals surface area contributed by atoms with Gasteiger partial charge >= 0.3 is 0 Å². The van der Waals surface area contributed by atoms with E-state index in [1.807, 2.05) is 49.0 Å². The molecule has 0 saturated heterocycles. The summed E-state index contributed by atoms with van der Waals surface area (Å²) < 4.78 is 7.76. The molecule has 130 valence electrons. The number of nitrogen functional groups attached to an aromatic ring is 1. The second-order valence-electron chi connectivity index (χ2n) is 5.68. The van der Waals surface area contributed by atoms with Crippen LogP contribution < -0.4 is 15.9 Å². The molecule has 0 amide bonds. The number of aromatic nitrogens is 3. The molecule has 3 aromatic rings. The van der Waals surface area contributed by atoms with E-state index in [-0.39, 0.29) is 6.10 Å². The van der Waals surface area contributed by atoms with E-state index in [0.29, 0.717) is 17.5 Å². The van der Waals surface area contributed by atoms with Crippen LogP contribution in [0.5, 0.6) is 5.75 Å². The number of nitrogens with zero attached hydrogens (tertiary/aromatic N) is 4. The lowest BCUT2D eigenvalue weighted by atomic mass is 10.1. The highest BCUT2D eigenvalue weighted by Crippen LogP contribution is 2.22. The lowest BCUT2D eigenvalue weighted by Crippen LogP contribution is -2.10. The number of benzene rings is 1. The van der Waals surface area contributed by atoms with Gasteiger partial charge in [-0.25, -0.2) is 4.98 Å². The van der Waals surface area contributed by atoms with Crippen LogP contribution in [0, 0.1) is 0 Å². The van der Waals surface area contributed by atoms with Crippen molar-refractivity contribution in [3.63, 3.8) is 0 Å². The first-order valence-corrected chi connectivity index (χ1v) is 8.75. The highest BCUT2D eigenvalue weighted by atomic mass is 32.1. The molecule has 0 spiro atoms. The van der Waals surface area contributed by atoms with Crippen molar-refractivity contribution >= 4 is 28.5 Å². The van der Waals surface area contributed by atoms with Gasteiger partial charge in [0.2, 0.25) is 5.13 Å². The molecule has 0 saturated carbocycles. The molecule has 0 bridgehead atoms. The Morgan fingerprint density at radius 3 is 3.00 bits per heavy atom. The molecule has 0 radical (unpaired) electrons. The van der Waals surface area contributed by atoms with Crippen LogP contribution in [0.1, 0.15) is 25.0 Å². The normalized spacial score (nSPS) is 11.3. The van der Waals surface area contributed by atoms with Crippen LogP contribution in [0.2, 0.25) is 0 Å². The zero-order valence-corrected chi connectivity index (χ0v) is 14.9. The van der Waals surface area contributed by atoms with Crippen molar-refractivity contribution < 1.29 is 4.74 Å². The van der Waals surface area contributed by atoms with Gasteiger partial charge in [0, 0.05) is 23.3 Å². The summed E-state index contributed by atoms with van der Waals surface area (Å²) in [6.07, 6.45) is 5.53. The number of hydrogen-bond acceptors (Lipinski definition) is 7. The first kappa shape index (κ1) is 17.0. The van der Waals surface area contributed by atoms with E-state index in [1.54, 1.807) is 17.8 Å². The molecule has 7 nitrogen and oxygen atoms in total. The summed E-state index contributed by atoms with van der Waals surface area (Å²) in [5.41, 5.74) is 10.5. The number of nitrogens with one attached hydrogen (secondary N) is 1. The van der Waals surface area contributed by atoms with Crippen LogP contribution in [0.15, 0.2) is 47.1 Å². The maximum Gasteiger partial charge on any atom is 0.205 e. The largest absolute Gasteiger partial charge is 0.491 e. The molecule has 3 N–H and O–H groups in total. The predicted octanol–water partition coefficient (Wildman–Crippen LogP) is 3.20. The number of hydrogen-bond donors (Lipinski definition) is 2. The van der Waals surface area contributed by atoms with E-state index in [0.717, 1.165) is 16.9 Å². The molecule has 2 aromatic heterocycles. The summed E-state index contributed by atoms with van der Waals surface area (Å²) >= 11 is 1.41. The number of hydrazone groups is 1. The van der Waals surface area contributed by atoms with Gasteiger partial charge in [0.15, 0.2) is 0 Å². The number of nitrogens with two attached hydrogens (primary N) is 1. The zero-order chi connectivity index (χ0) is 17.6. The van der Waals surface area contributed by atoms with E-state index < -0.39 is 0 Å². The van der Waals surface area contributed by atoms with Gasteiger partial charge in [-0.05, 0) is 43.7 Å². The quantitative estimate of drug-likeness (QED) is 0.501. The van der Waals surface area contributed by atoms with E-state index in [1.165, 1.54) is 11.3 Å². The summed E-state index contributed by atoms with van der Waals surface area (Å²) in [7, 11) is 0. The Morgan fingerprint density at radius 1 is 1.44 bits per heavy atom. The fourth-order valence-electron chi connectivity index (χ4n) is 2.24. The van der Waals surface area contributed by atoms with Crippen LogP contribution in [0.25, 0.3) is 0 Å². The van der Waals surface area contributed by atoms with Crippen molar-refractivity contribution in [2.75, 3.05) is 11.2 Å². The van der Waals surface area contributed by atoms with Gasteiger partial charge in [-0.15, -0.1) is 11.3 Å². The third-order valence-electron chi connectivity index (χ3n) is 3.23. The van der Waals surface area contributed by atoms with Crippen molar-refractivity contribution in [2.24, 2.45) is 5.10 Å². The third-order valence-corrected chi connectivity index (χ3v) is 4.00. The fraction of sp³-hybridized carbons (Fsp3) is 0.235. The minimum atomic E-state index is 0.105. The molecular weight excluding hydrogens is 336 g/mol. The van der Waals surface area contributed by atoms with Crippen molar-refractivity contribution in [1.82, 2.24) is 14.8 Å². The Bertz CT molecular complexity index is 841. The first-order valence-electron chi connectivity index (χ1n) is 7.87. The van der Waals surface area contributed by atoms with E-state index in [9.17, 15) is 0 Å². The first-order chi connectivity index (χ1) is 12.1. The number of thiazole rings is 1. The molecule has 25 heavy (non-hydrogen) atoms. The fourth-order valence-corrected chi connectivity index (χ4v) is 2.79. The van der Waals surface area contributed by atoms with Crippen LogP contribution in [0.4, 0.5) is 10.9 Å². The van der Waals surface area contributed by atoms with E-state index in [4.69, 9.17) is 10.5 Å². The highest BCUT2D eigenvalue weighted by Gasteiger charge is 2.08. The molecular formula is C17H20N6OS. The lowest BCUT2D eigenvalue weighted by molar-refractivity contribution is 0.239. The number of anilines is 2. The molecule has 0 aliphatic heterocycles. The minimum Gasteiger partial charge on any atom is -0.491 e. The van der Waals surface area contributed by atoms with Gasteiger partial charge in [0.05, 0.1) is 18.9 Å². The summed E-state index contributed by atoms with van der Waals surface area (Å²) in [6.45, 7) is 4.65. The monoisotopic (exact) mass is 356 g/mol. The topological polar surface area (TPSA) is 90.4 Å². The van der Waals surface area contributed by atoms with Crippen LogP contribution in [-0.4, -0.2) is 27.1 Å². The van der Waals surface area contributed by atoms with Gasteiger partial charge < -0.3 is 10.5 Å². The minimum absolute atomic E-state index is 0.105. The van der Waals surface area contributed by atoms with E-state index in [2.05, 4.69) is 20.6 Å². The molecule has 8 heteroatoms. The van der Waals surface area contributed by atoms with Crippen LogP contribution in [0.3, 0.4) is 0 Å². The average Bonchev–Trinajstić information content (AvgIpc) is 3.21. The summed E-state index contributed by atoms with van der Waals surface area (Å²) in [5.74, 6) is 1.34. The Labute approximate surface area is 150 Å². The van der Waals surface area contributed by atoms with Gasteiger partial charge in [0.25, 0.3) is 0 Å². The number of rotatable bonds is 7. The molecule has 0 atom stereocenters. The van der Waals surface area contributed by atoms with Crippen molar-refractivity contribution in [2.45, 2.75) is 26.5 Å². The highest BCUT2D eigenvalue weighted by molar-refractivity contribution is 7.14. The predicted molar refractivity (Wildman–Crippen MR) is 101 cm³/mol. The molecule has 0 fully saturated rings. The molecule has 2 heterocycles. The molecule has 0 unspecified atom stereocenters. The Hall–Kier alpha value is -2.87. The van der Waals surface area contributed by atoms with Crippen LogP contribution >= 0.6 is 11.3 Å². The molecule has 1 aromatic carbocycles. The molecule has 0 aliphatic carbocycles. The Balaban J connectivity index is 1.77. The third kappa shape index (κ3) is 4.80. The summed E-state index contributed by atoms with van der Waals surface area (Å²) in [4.78, 5) is 4.10. The zero-order valence-electron chi connectivity index (χ0n) is 14.1. The van der Waals surface area contributed by atoms with E-state index >= 15 is 0 Å². The Morgan fingerprint density at radius 2 is 2.32 bits per heavy atom. The van der Waals surface area contributed by atoms with Crippen molar-refractivity contribution in [1.29, 1.82) is 0 Å². The second kappa shape index (κ2) is 7.80. The van der Waals surface area contributed by atoms with Crippen LogP contribution in [-0.2, 0) is 6.54 Å². The van der Waals surface area contributed by atoms with Gasteiger partial charge in [0.1, 0.15) is 11.6 Å². The number of ether oxygens (including phenoxy) is 1. The smallest absolute Gasteiger partial charge is 0.205 e. The van der Waals surface area contributed by atoms with Crippen molar-refractivity contribution in [3.05, 3.63) is 53.2 Å². The summed E-state index contributed by atoms with van der Waals surface area (Å²) in [6, 6.07) is 7.87. The lowest BCUT2D eigenvalue weighted by Gasteiger charge is -2.15. The molecule has 0 aliphatic rings. The maximum atomic E-state index is 5.90. The average molecular weight is 356 g/mol. The van der Waals surface area contributed by atoms with Gasteiger partial charge in [-0.3, -0.25) is 10.1 Å². The van der Waals surface area contributed by atoms with Crippen molar-refractivity contribution in [3.8, 4) is 5.75 Å². The molecule has 3 rings (SSSR count). The standard InChI is InChI=1S/C17H20N6OS/c1-12(2)24-15-5-4-13(8-14(15)10-23-7-3-6-20-23)9-19-22-17-21-16(18)11-25-17/h3-9,11-12H,10,18H2,1-2H3,(H,21,22). The maximum absolute atomic E-state index is 5.90. The van der Waals surface area contributed by atoms with Gasteiger partial charge in [-0.1, -0.05) is 0 Å². The van der Waals surface area contributed by atoms with Gasteiger partial charge in [-0.2, -0.15) is 10.2 Å². The Kier molecular flexibility index (Phi) is 5.30. The SMILES string of the molecule is CC(C)Oc1ccc(C=NNc2nc(N)cs2)cc1Cn1cccn1.